The van der Waals surface area contributed by atoms with E-state index in [1.807, 2.05) is 5.38 Å². The monoisotopic (exact) mass is 240 g/mol. The molecule has 0 amide bonds. The molecule has 2 aromatic rings. The molecule has 0 aliphatic carbocycles. The average molecular weight is 240 g/mol. The molecule has 0 aromatic carbocycles. The smallest absolute Gasteiger partial charge is 0.193 e. The van der Waals surface area contributed by atoms with E-state index in [4.69, 9.17) is 10.5 Å². The number of anilines is 1. The van der Waals surface area contributed by atoms with Crippen molar-refractivity contribution < 1.29 is 4.74 Å². The number of nitrogen functional groups attached to an aromatic ring is 1. The first kappa shape index (κ1) is 10.2. The summed E-state index contributed by atoms with van der Waals surface area (Å²) in [5.74, 6) is 0.837. The van der Waals surface area contributed by atoms with Crippen molar-refractivity contribution in [1.29, 1.82) is 0 Å². The Morgan fingerprint density at radius 3 is 2.93 bits per heavy atom. The normalized spacial score (nSPS) is 10.2. The van der Waals surface area contributed by atoms with Gasteiger partial charge in [-0.15, -0.1) is 11.3 Å². The summed E-state index contributed by atoms with van der Waals surface area (Å²) >= 11 is 2.95. The first-order chi connectivity index (χ1) is 7.31. The fourth-order valence-electron chi connectivity index (χ4n) is 0.978. The van der Waals surface area contributed by atoms with Crippen LogP contribution in [0, 0.1) is 0 Å². The molecule has 2 heterocycles. The van der Waals surface area contributed by atoms with E-state index < -0.39 is 0 Å². The second-order valence-corrected chi connectivity index (χ2v) is 4.63. The van der Waals surface area contributed by atoms with E-state index in [2.05, 4.69) is 15.0 Å². The van der Waals surface area contributed by atoms with Gasteiger partial charge in [-0.3, -0.25) is 0 Å². The number of methoxy groups -OCH3 is 1. The topological polar surface area (TPSA) is 73.9 Å². The predicted molar refractivity (Wildman–Crippen MR) is 59.2 cm³/mol. The van der Waals surface area contributed by atoms with Crippen LogP contribution in [0.3, 0.4) is 0 Å². The standard InChI is InChI=1S/C8H8N4OS2/c1-13-5-6(9)11-4-12-7(5)15-8-10-2-3-14-8/h2-4H,1H3,(H2,9,11,12). The SMILES string of the molecule is COc1c(N)ncnc1Sc1nccs1. The van der Waals surface area contributed by atoms with Gasteiger partial charge < -0.3 is 10.5 Å². The van der Waals surface area contributed by atoms with Gasteiger partial charge in [0.15, 0.2) is 20.9 Å². The van der Waals surface area contributed by atoms with Gasteiger partial charge in [-0.2, -0.15) is 0 Å². The highest BCUT2D eigenvalue weighted by Crippen LogP contribution is 2.35. The molecule has 0 saturated carbocycles. The molecule has 78 valence electrons. The number of rotatable bonds is 3. The molecule has 0 aliphatic rings. The van der Waals surface area contributed by atoms with Gasteiger partial charge in [-0.1, -0.05) is 0 Å². The molecular weight excluding hydrogens is 232 g/mol. The van der Waals surface area contributed by atoms with E-state index in [0.717, 1.165) is 4.34 Å². The van der Waals surface area contributed by atoms with Crippen molar-refractivity contribution in [3.8, 4) is 5.75 Å². The van der Waals surface area contributed by atoms with Crippen LogP contribution in [0.4, 0.5) is 5.82 Å². The van der Waals surface area contributed by atoms with Crippen molar-refractivity contribution in [3.63, 3.8) is 0 Å². The molecule has 0 unspecified atom stereocenters. The van der Waals surface area contributed by atoms with Crippen LogP contribution in [0.15, 0.2) is 27.3 Å². The quantitative estimate of drug-likeness (QED) is 0.823. The largest absolute Gasteiger partial charge is 0.490 e. The van der Waals surface area contributed by atoms with Crippen molar-refractivity contribution in [2.45, 2.75) is 9.37 Å². The van der Waals surface area contributed by atoms with Gasteiger partial charge in [0.25, 0.3) is 0 Å². The van der Waals surface area contributed by atoms with Crippen LogP contribution in [-0.2, 0) is 0 Å². The Morgan fingerprint density at radius 2 is 2.27 bits per heavy atom. The lowest BCUT2D eigenvalue weighted by molar-refractivity contribution is 0.401. The first-order valence-corrected chi connectivity index (χ1v) is 5.72. The van der Waals surface area contributed by atoms with Gasteiger partial charge in [-0.25, -0.2) is 15.0 Å². The minimum absolute atomic E-state index is 0.339. The molecule has 5 nitrogen and oxygen atoms in total. The first-order valence-electron chi connectivity index (χ1n) is 4.03. The third kappa shape index (κ3) is 2.18. The molecule has 0 atom stereocenters. The van der Waals surface area contributed by atoms with Gasteiger partial charge in [-0.05, 0) is 11.8 Å². The third-order valence-electron chi connectivity index (χ3n) is 1.60. The van der Waals surface area contributed by atoms with E-state index in [0.29, 0.717) is 16.6 Å². The van der Waals surface area contributed by atoms with Gasteiger partial charge >= 0.3 is 0 Å². The number of ether oxygens (including phenoxy) is 1. The van der Waals surface area contributed by atoms with E-state index in [1.54, 1.807) is 13.3 Å². The van der Waals surface area contributed by atoms with Crippen LogP contribution in [0.25, 0.3) is 0 Å². The highest BCUT2D eigenvalue weighted by Gasteiger charge is 2.11. The predicted octanol–water partition coefficient (Wildman–Crippen LogP) is 1.68. The zero-order valence-corrected chi connectivity index (χ0v) is 9.51. The van der Waals surface area contributed by atoms with Gasteiger partial charge in [0, 0.05) is 11.6 Å². The molecule has 2 aromatic heterocycles. The van der Waals surface area contributed by atoms with Crippen LogP contribution in [-0.4, -0.2) is 22.1 Å². The maximum Gasteiger partial charge on any atom is 0.193 e. The number of aromatic nitrogens is 3. The number of nitrogens with two attached hydrogens (primary N) is 1. The minimum Gasteiger partial charge on any atom is -0.490 e. The Labute approximate surface area is 94.7 Å². The second kappa shape index (κ2) is 4.45. The number of thiazole rings is 1. The molecule has 15 heavy (non-hydrogen) atoms. The average Bonchev–Trinajstić information content (AvgIpc) is 2.71. The summed E-state index contributed by atoms with van der Waals surface area (Å²) in [5.41, 5.74) is 5.65. The van der Waals surface area contributed by atoms with Crippen molar-refractivity contribution in [3.05, 3.63) is 17.9 Å². The summed E-state index contributed by atoms with van der Waals surface area (Å²) in [6.07, 6.45) is 3.15. The molecule has 0 fully saturated rings. The molecule has 0 aliphatic heterocycles. The number of nitrogens with zero attached hydrogens (tertiary/aromatic N) is 3. The zero-order chi connectivity index (χ0) is 10.7. The lowest BCUT2D eigenvalue weighted by atomic mass is 10.5. The lowest BCUT2D eigenvalue weighted by Gasteiger charge is -2.06. The molecular formula is C8H8N4OS2. The minimum atomic E-state index is 0.339. The van der Waals surface area contributed by atoms with Crippen LogP contribution >= 0.6 is 23.1 Å². The van der Waals surface area contributed by atoms with E-state index in [-0.39, 0.29) is 0 Å². The van der Waals surface area contributed by atoms with Crippen molar-refractivity contribution >= 4 is 28.9 Å². The van der Waals surface area contributed by atoms with Gasteiger partial charge in [0.05, 0.1) is 7.11 Å². The van der Waals surface area contributed by atoms with E-state index >= 15 is 0 Å². The zero-order valence-electron chi connectivity index (χ0n) is 7.88. The molecule has 0 bridgehead atoms. The van der Waals surface area contributed by atoms with Crippen LogP contribution in [0.1, 0.15) is 0 Å². The summed E-state index contributed by atoms with van der Waals surface area (Å²) in [7, 11) is 1.54. The van der Waals surface area contributed by atoms with Crippen LogP contribution < -0.4 is 10.5 Å². The maximum absolute atomic E-state index is 5.65. The number of hydrogen-bond donors (Lipinski definition) is 1. The fraction of sp³-hybridized carbons (Fsp3) is 0.125. The Bertz CT molecular complexity index is 446. The molecule has 2 N–H and O–H groups in total. The Hall–Kier alpha value is -1.34. The van der Waals surface area contributed by atoms with Crippen molar-refractivity contribution in [2.24, 2.45) is 0 Å². The molecule has 7 heteroatoms. The molecule has 2 rings (SSSR count). The van der Waals surface area contributed by atoms with Crippen molar-refractivity contribution in [1.82, 2.24) is 15.0 Å². The lowest BCUT2D eigenvalue weighted by Crippen LogP contribution is -1.98. The summed E-state index contributed by atoms with van der Waals surface area (Å²) in [4.78, 5) is 12.1. The summed E-state index contributed by atoms with van der Waals surface area (Å²) in [6.45, 7) is 0. The highest BCUT2D eigenvalue weighted by atomic mass is 32.2. The second-order valence-electron chi connectivity index (χ2n) is 2.50. The molecule has 0 saturated heterocycles. The third-order valence-corrected chi connectivity index (χ3v) is 3.46. The molecule has 0 spiro atoms. The highest BCUT2D eigenvalue weighted by molar-refractivity contribution is 8.01. The van der Waals surface area contributed by atoms with E-state index in [9.17, 15) is 0 Å². The van der Waals surface area contributed by atoms with E-state index in [1.165, 1.54) is 29.4 Å². The van der Waals surface area contributed by atoms with Gasteiger partial charge in [0.2, 0.25) is 0 Å². The maximum atomic E-state index is 5.65. The summed E-state index contributed by atoms with van der Waals surface area (Å²) in [5, 5.41) is 2.58. The summed E-state index contributed by atoms with van der Waals surface area (Å²) in [6, 6.07) is 0. The fourth-order valence-corrected chi connectivity index (χ4v) is 2.59. The van der Waals surface area contributed by atoms with Crippen LogP contribution in [0.2, 0.25) is 0 Å². The summed E-state index contributed by atoms with van der Waals surface area (Å²) < 4.78 is 6.03. The number of hydrogen-bond acceptors (Lipinski definition) is 7. The molecule has 0 radical (unpaired) electrons. The Balaban J connectivity index is 2.32. The van der Waals surface area contributed by atoms with Crippen molar-refractivity contribution in [2.75, 3.05) is 12.8 Å². The Morgan fingerprint density at radius 1 is 1.40 bits per heavy atom. The van der Waals surface area contributed by atoms with Crippen LogP contribution in [0.5, 0.6) is 5.75 Å². The van der Waals surface area contributed by atoms with Gasteiger partial charge in [0.1, 0.15) is 6.33 Å². The Kier molecular flexibility index (Phi) is 3.02.